The lowest BCUT2D eigenvalue weighted by Gasteiger charge is -2.30. The van der Waals surface area contributed by atoms with Gasteiger partial charge in [0.05, 0.1) is 13.7 Å². The molecule has 6 nitrogen and oxygen atoms in total. The summed E-state index contributed by atoms with van der Waals surface area (Å²) in [6.07, 6.45) is 2.04. The summed E-state index contributed by atoms with van der Waals surface area (Å²) in [7, 11) is 1.61. The fourth-order valence-corrected chi connectivity index (χ4v) is 2.52. The summed E-state index contributed by atoms with van der Waals surface area (Å²) in [6.45, 7) is 0.379. The molecule has 1 aliphatic heterocycles. The first-order valence-corrected chi connectivity index (χ1v) is 6.79. The molecule has 0 saturated carbocycles. The minimum absolute atomic E-state index is 0.121. The highest BCUT2D eigenvalue weighted by atomic mass is 16.5. The second-order valence-electron chi connectivity index (χ2n) is 5.03. The highest BCUT2D eigenvalue weighted by molar-refractivity contribution is 5.43. The van der Waals surface area contributed by atoms with Gasteiger partial charge in [-0.2, -0.15) is 5.10 Å². The van der Waals surface area contributed by atoms with E-state index in [1.807, 2.05) is 18.2 Å². The summed E-state index contributed by atoms with van der Waals surface area (Å²) in [5.41, 5.74) is 7.00. The summed E-state index contributed by atoms with van der Waals surface area (Å²) in [5, 5.41) is 4.05. The van der Waals surface area contributed by atoms with Gasteiger partial charge >= 0.3 is 0 Å². The molecule has 0 unspecified atom stereocenters. The highest BCUT2D eigenvalue weighted by Gasteiger charge is 2.27. The number of methoxy groups -OCH3 is 1. The van der Waals surface area contributed by atoms with E-state index in [0.29, 0.717) is 18.7 Å². The molecule has 0 amide bonds. The van der Waals surface area contributed by atoms with Gasteiger partial charge in [0.25, 0.3) is 5.56 Å². The Morgan fingerprint density at radius 3 is 3.10 bits per heavy atom. The quantitative estimate of drug-likeness (QED) is 0.914. The number of ether oxygens (including phenoxy) is 2. The maximum absolute atomic E-state index is 11.7. The van der Waals surface area contributed by atoms with Crippen LogP contribution in [0, 0.1) is 0 Å². The normalized spacial score (nSPS) is 20.5. The van der Waals surface area contributed by atoms with Gasteiger partial charge in [0, 0.05) is 36.4 Å². The van der Waals surface area contributed by atoms with Crippen LogP contribution in [0.25, 0.3) is 0 Å². The van der Waals surface area contributed by atoms with Gasteiger partial charge in [0.1, 0.15) is 17.6 Å². The molecule has 3 rings (SSSR count). The molecule has 0 fully saturated rings. The lowest BCUT2D eigenvalue weighted by atomic mass is 9.97. The van der Waals surface area contributed by atoms with Crippen molar-refractivity contribution >= 4 is 0 Å². The van der Waals surface area contributed by atoms with Gasteiger partial charge in [0.15, 0.2) is 0 Å². The summed E-state index contributed by atoms with van der Waals surface area (Å²) in [4.78, 5) is 11.7. The molecule has 1 aromatic carbocycles. The number of nitrogens with two attached hydrogens (primary N) is 1. The maximum atomic E-state index is 11.7. The maximum Gasteiger partial charge on any atom is 0.266 e. The van der Waals surface area contributed by atoms with Crippen LogP contribution in [0.2, 0.25) is 0 Å². The minimum atomic E-state index is -0.188. The van der Waals surface area contributed by atoms with Gasteiger partial charge in [0.2, 0.25) is 0 Å². The molecule has 2 aromatic rings. The van der Waals surface area contributed by atoms with Crippen LogP contribution in [0.15, 0.2) is 41.3 Å². The first-order valence-electron chi connectivity index (χ1n) is 6.79. The number of nitrogens with zero attached hydrogens (tertiary/aromatic N) is 2. The summed E-state index contributed by atoms with van der Waals surface area (Å²) < 4.78 is 12.5. The zero-order valence-corrected chi connectivity index (χ0v) is 11.7. The Hall–Kier alpha value is -2.34. The Bertz CT molecular complexity index is 699. The predicted octanol–water partition coefficient (Wildman–Crippen LogP) is 1.10. The molecule has 2 heterocycles. The van der Waals surface area contributed by atoms with E-state index in [4.69, 9.17) is 15.2 Å². The van der Waals surface area contributed by atoms with Gasteiger partial charge < -0.3 is 15.2 Å². The Morgan fingerprint density at radius 1 is 1.48 bits per heavy atom. The minimum Gasteiger partial charge on any atom is -0.497 e. The molecular weight excluding hydrogens is 270 g/mol. The van der Waals surface area contributed by atoms with Gasteiger partial charge in [-0.25, -0.2) is 4.68 Å². The van der Waals surface area contributed by atoms with Crippen molar-refractivity contribution < 1.29 is 9.47 Å². The van der Waals surface area contributed by atoms with Gasteiger partial charge in [-0.05, 0) is 12.1 Å². The second kappa shape index (κ2) is 5.57. The largest absolute Gasteiger partial charge is 0.497 e. The number of hydrogen-bond acceptors (Lipinski definition) is 5. The number of benzene rings is 1. The lowest BCUT2D eigenvalue weighted by Crippen LogP contribution is -2.36. The Morgan fingerprint density at radius 2 is 2.33 bits per heavy atom. The third kappa shape index (κ3) is 2.75. The van der Waals surface area contributed by atoms with E-state index in [2.05, 4.69) is 5.10 Å². The van der Waals surface area contributed by atoms with E-state index in [0.717, 1.165) is 11.3 Å². The van der Waals surface area contributed by atoms with Gasteiger partial charge in [-0.1, -0.05) is 6.07 Å². The van der Waals surface area contributed by atoms with Crippen molar-refractivity contribution in [2.24, 2.45) is 5.73 Å². The van der Waals surface area contributed by atoms with Crippen molar-refractivity contribution in [2.75, 3.05) is 7.11 Å². The molecule has 2 atom stereocenters. The van der Waals surface area contributed by atoms with Gasteiger partial charge in [-0.15, -0.1) is 0 Å². The number of fused-ring (bicyclic) bond motifs is 1. The monoisotopic (exact) mass is 287 g/mol. The van der Waals surface area contributed by atoms with Crippen LogP contribution in [-0.2, 0) is 6.54 Å². The van der Waals surface area contributed by atoms with Crippen LogP contribution < -0.4 is 20.8 Å². The fourth-order valence-electron chi connectivity index (χ4n) is 2.52. The standard InChI is InChI=1S/C15H17N3O3/c1-20-10-4-5-12-13(16)7-11(21-14(12)8-10)9-18-15(19)3-2-6-17-18/h2-6,8,11,13H,7,9,16H2,1H3/t11-,13-/m1/s1. The predicted molar refractivity (Wildman–Crippen MR) is 77.5 cm³/mol. The molecule has 2 N–H and O–H groups in total. The first-order chi connectivity index (χ1) is 10.2. The van der Waals surface area contributed by atoms with Crippen molar-refractivity contribution in [3.05, 3.63) is 52.4 Å². The molecule has 1 aromatic heterocycles. The summed E-state index contributed by atoms with van der Waals surface area (Å²) >= 11 is 0. The van der Waals surface area contributed by atoms with Crippen LogP contribution in [0.5, 0.6) is 11.5 Å². The number of hydrogen-bond donors (Lipinski definition) is 1. The average molecular weight is 287 g/mol. The summed E-state index contributed by atoms with van der Waals surface area (Å²) in [6, 6.07) is 8.58. The van der Waals surface area contributed by atoms with Crippen molar-refractivity contribution in [2.45, 2.75) is 25.1 Å². The molecule has 0 saturated heterocycles. The van der Waals surface area contributed by atoms with Crippen LogP contribution in [0.3, 0.4) is 0 Å². The molecule has 0 bridgehead atoms. The van der Waals surface area contributed by atoms with Crippen LogP contribution in [0.4, 0.5) is 0 Å². The van der Waals surface area contributed by atoms with E-state index in [1.165, 1.54) is 10.7 Å². The Kier molecular flexibility index (Phi) is 3.62. The van der Waals surface area contributed by atoms with E-state index >= 15 is 0 Å². The molecule has 0 aliphatic carbocycles. The molecular formula is C15H17N3O3. The van der Waals surface area contributed by atoms with Crippen LogP contribution >= 0.6 is 0 Å². The fraction of sp³-hybridized carbons (Fsp3) is 0.333. The smallest absolute Gasteiger partial charge is 0.266 e. The first kappa shape index (κ1) is 13.6. The number of aromatic nitrogens is 2. The average Bonchev–Trinajstić information content (AvgIpc) is 2.49. The van der Waals surface area contributed by atoms with E-state index in [-0.39, 0.29) is 17.7 Å². The molecule has 21 heavy (non-hydrogen) atoms. The third-order valence-corrected chi connectivity index (χ3v) is 3.59. The molecule has 6 heteroatoms. The van der Waals surface area contributed by atoms with Crippen LogP contribution in [-0.4, -0.2) is 23.0 Å². The zero-order chi connectivity index (χ0) is 14.8. The van der Waals surface area contributed by atoms with E-state index in [9.17, 15) is 4.79 Å². The second-order valence-corrected chi connectivity index (χ2v) is 5.03. The SMILES string of the molecule is COc1ccc2c(c1)O[C@@H](Cn1ncccc1=O)C[C@H]2N. The lowest BCUT2D eigenvalue weighted by molar-refractivity contribution is 0.134. The van der Waals surface area contributed by atoms with E-state index in [1.54, 1.807) is 19.4 Å². The van der Waals surface area contributed by atoms with Gasteiger partial charge in [-0.3, -0.25) is 4.79 Å². The van der Waals surface area contributed by atoms with Crippen molar-refractivity contribution in [1.82, 2.24) is 9.78 Å². The Balaban J connectivity index is 1.84. The van der Waals surface area contributed by atoms with Crippen molar-refractivity contribution in [3.63, 3.8) is 0 Å². The Labute approximate surface area is 122 Å². The summed E-state index contributed by atoms with van der Waals surface area (Å²) in [5.74, 6) is 1.43. The molecule has 1 aliphatic rings. The topological polar surface area (TPSA) is 79.4 Å². The van der Waals surface area contributed by atoms with Crippen LogP contribution in [0.1, 0.15) is 18.0 Å². The van der Waals surface area contributed by atoms with E-state index < -0.39 is 0 Å². The van der Waals surface area contributed by atoms with Crippen molar-refractivity contribution in [1.29, 1.82) is 0 Å². The zero-order valence-electron chi connectivity index (χ0n) is 11.7. The number of rotatable bonds is 3. The molecule has 0 spiro atoms. The van der Waals surface area contributed by atoms with Crippen molar-refractivity contribution in [3.8, 4) is 11.5 Å². The highest BCUT2D eigenvalue weighted by Crippen LogP contribution is 2.36. The molecule has 0 radical (unpaired) electrons. The molecule has 110 valence electrons. The third-order valence-electron chi connectivity index (χ3n) is 3.59.